The number of pyridine rings is 2. The van der Waals surface area contributed by atoms with Crippen molar-refractivity contribution in [3.63, 3.8) is 0 Å². The van der Waals surface area contributed by atoms with Gasteiger partial charge in [-0.1, -0.05) is 36.4 Å². The zero-order chi connectivity index (χ0) is 52.5. The first-order valence-electron chi connectivity index (χ1n) is 23.2. The number of nitrogens with zero attached hydrogens (tertiary/aromatic N) is 2. The molecule has 0 aliphatic carbocycles. The minimum atomic E-state index is -0.648. The molecule has 0 bridgehead atoms. The molecular weight excluding hydrogens is 949 g/mol. The molecule has 0 unspecified atom stereocenters. The fraction of sp³-hybridized carbons (Fsp3) is 0.179. The SMILES string of the molecule is COC(=O)c1cc(C(=O)c2c(C)c(OCc3cccc(OCC(=O)NCCNC(=O)COc4cccc(COc5c(C)c(C(=O)c6ccc(N)c(C(=O)OC)c6)c6ccccn56)c4)c3)n3ccccc23)ccc1N. The summed E-state index contributed by atoms with van der Waals surface area (Å²) in [5, 5.41) is 5.44. The number of ether oxygens (including phenoxy) is 6. The highest BCUT2D eigenvalue weighted by Crippen LogP contribution is 2.34. The van der Waals surface area contributed by atoms with Crippen LogP contribution in [0.5, 0.6) is 23.3 Å². The lowest BCUT2D eigenvalue weighted by Gasteiger charge is -2.12. The van der Waals surface area contributed by atoms with E-state index in [4.69, 9.17) is 39.9 Å². The maximum absolute atomic E-state index is 13.9. The van der Waals surface area contributed by atoms with Gasteiger partial charge in [0.15, 0.2) is 24.8 Å². The summed E-state index contributed by atoms with van der Waals surface area (Å²) in [7, 11) is 2.49. The van der Waals surface area contributed by atoms with E-state index < -0.39 is 23.8 Å². The Morgan fingerprint density at radius 2 is 0.919 bits per heavy atom. The van der Waals surface area contributed by atoms with Crippen LogP contribution in [0.4, 0.5) is 11.4 Å². The number of esters is 2. The van der Waals surface area contributed by atoms with Crippen LogP contribution in [0.15, 0.2) is 134 Å². The van der Waals surface area contributed by atoms with Gasteiger partial charge in [-0.2, -0.15) is 0 Å². The number of hydrogen-bond acceptors (Lipinski definition) is 14. The molecule has 0 fully saturated rings. The van der Waals surface area contributed by atoms with Gasteiger partial charge in [0.05, 0.1) is 47.5 Å². The molecule has 378 valence electrons. The van der Waals surface area contributed by atoms with Crippen LogP contribution in [0.3, 0.4) is 0 Å². The number of nitrogen functional groups attached to an aromatic ring is 2. The molecule has 8 rings (SSSR count). The van der Waals surface area contributed by atoms with Gasteiger partial charge in [-0.25, -0.2) is 9.59 Å². The van der Waals surface area contributed by atoms with E-state index in [1.807, 2.05) is 48.5 Å². The number of nitrogens with one attached hydrogen (secondary N) is 2. The quantitative estimate of drug-likeness (QED) is 0.0249. The monoisotopic (exact) mass is 1000 g/mol. The van der Waals surface area contributed by atoms with Gasteiger partial charge >= 0.3 is 11.9 Å². The average Bonchev–Trinajstić information content (AvgIpc) is 3.87. The molecule has 0 aliphatic rings. The summed E-state index contributed by atoms with van der Waals surface area (Å²) in [4.78, 5) is 77.7. The molecule has 8 aromatic rings. The number of carbonyl (C=O) groups is 6. The van der Waals surface area contributed by atoms with Gasteiger partial charge in [0.1, 0.15) is 24.7 Å². The summed E-state index contributed by atoms with van der Waals surface area (Å²) in [6.45, 7) is 3.54. The third-order valence-corrected chi connectivity index (χ3v) is 12.0. The summed E-state index contributed by atoms with van der Waals surface area (Å²) in [6.07, 6.45) is 3.59. The summed E-state index contributed by atoms with van der Waals surface area (Å²) >= 11 is 0. The van der Waals surface area contributed by atoms with Gasteiger partial charge < -0.3 is 50.5 Å². The van der Waals surface area contributed by atoms with Crippen molar-refractivity contribution in [1.29, 1.82) is 0 Å². The van der Waals surface area contributed by atoms with E-state index in [1.54, 1.807) is 83.6 Å². The van der Waals surface area contributed by atoms with Crippen molar-refractivity contribution in [2.24, 2.45) is 0 Å². The minimum absolute atomic E-state index is 0.0933. The van der Waals surface area contributed by atoms with Crippen molar-refractivity contribution < 1.29 is 57.2 Å². The molecule has 4 aromatic carbocycles. The molecule has 0 saturated carbocycles. The molecular formula is C56H52N6O12. The number of nitrogens with two attached hydrogens (primary N) is 2. The van der Waals surface area contributed by atoms with Crippen LogP contribution < -0.4 is 41.0 Å². The number of methoxy groups -OCH3 is 2. The Morgan fingerprint density at radius 1 is 0.500 bits per heavy atom. The minimum Gasteiger partial charge on any atom is -0.484 e. The van der Waals surface area contributed by atoms with Gasteiger partial charge in [-0.15, -0.1) is 0 Å². The molecule has 4 heterocycles. The highest BCUT2D eigenvalue weighted by atomic mass is 16.5. The molecule has 0 spiro atoms. The highest BCUT2D eigenvalue weighted by molar-refractivity contribution is 6.17. The Bertz CT molecular complexity index is 3240. The number of rotatable bonds is 21. The first-order chi connectivity index (χ1) is 35.8. The lowest BCUT2D eigenvalue weighted by molar-refractivity contribution is -0.124. The maximum Gasteiger partial charge on any atom is 0.339 e. The predicted octanol–water partition coefficient (Wildman–Crippen LogP) is 6.86. The van der Waals surface area contributed by atoms with Crippen LogP contribution >= 0.6 is 0 Å². The van der Waals surface area contributed by atoms with Crippen molar-refractivity contribution in [1.82, 2.24) is 19.4 Å². The topological polar surface area (TPSA) is 243 Å². The zero-order valence-corrected chi connectivity index (χ0v) is 40.9. The zero-order valence-electron chi connectivity index (χ0n) is 40.9. The molecule has 0 atom stereocenters. The summed E-state index contributed by atoms with van der Waals surface area (Å²) < 4.78 is 37.4. The van der Waals surface area contributed by atoms with Gasteiger partial charge in [0.25, 0.3) is 11.8 Å². The molecule has 2 amide bonds. The van der Waals surface area contributed by atoms with Crippen LogP contribution in [0.25, 0.3) is 11.0 Å². The van der Waals surface area contributed by atoms with Crippen molar-refractivity contribution in [2.45, 2.75) is 27.1 Å². The normalized spacial score (nSPS) is 10.9. The van der Waals surface area contributed by atoms with Crippen molar-refractivity contribution in [3.05, 3.63) is 189 Å². The number of amides is 2. The third-order valence-electron chi connectivity index (χ3n) is 12.0. The molecule has 0 aliphatic heterocycles. The van der Waals surface area contributed by atoms with Crippen molar-refractivity contribution in [2.75, 3.05) is 52.0 Å². The van der Waals surface area contributed by atoms with Gasteiger partial charge in [-0.3, -0.25) is 28.0 Å². The van der Waals surface area contributed by atoms with Crippen LogP contribution in [0.1, 0.15) is 74.8 Å². The van der Waals surface area contributed by atoms with E-state index in [9.17, 15) is 28.8 Å². The second-order valence-corrected chi connectivity index (χ2v) is 16.9. The lowest BCUT2D eigenvalue weighted by atomic mass is 9.98. The largest absolute Gasteiger partial charge is 0.484 e. The average molecular weight is 1000 g/mol. The molecule has 74 heavy (non-hydrogen) atoms. The van der Waals surface area contributed by atoms with Crippen LogP contribution in [-0.2, 0) is 32.3 Å². The summed E-state index contributed by atoms with van der Waals surface area (Å²) in [5.74, 6) is -0.958. The number of aromatic nitrogens is 2. The molecule has 6 N–H and O–H groups in total. The molecule has 18 nitrogen and oxygen atoms in total. The fourth-order valence-electron chi connectivity index (χ4n) is 8.35. The smallest absolute Gasteiger partial charge is 0.339 e. The Hall–Kier alpha value is -9.58. The van der Waals surface area contributed by atoms with Crippen molar-refractivity contribution >= 4 is 57.7 Å². The highest BCUT2D eigenvalue weighted by Gasteiger charge is 2.26. The number of benzene rings is 4. The molecule has 4 aromatic heterocycles. The first-order valence-corrected chi connectivity index (χ1v) is 23.2. The number of fused-ring (bicyclic) bond motifs is 2. The Balaban J connectivity index is 0.785. The van der Waals surface area contributed by atoms with Gasteiger partial charge in [0.2, 0.25) is 11.8 Å². The fourth-order valence-corrected chi connectivity index (χ4v) is 8.35. The number of anilines is 2. The Morgan fingerprint density at radius 3 is 1.32 bits per heavy atom. The number of carbonyl (C=O) groups excluding carboxylic acids is 6. The molecule has 18 heteroatoms. The standard InChI is InChI=1S/C56H52N6O12/c1-33-49(51(65)37-17-19-43(57)41(27-37)55(67)69-3)45-15-5-7-23-61(45)53(33)73-29-35-11-9-13-39(25-35)71-31-47(63)59-21-22-60-48(64)32-72-40-14-10-12-36(26-40)30-74-54-34(2)50(46-16-6-8-24-62(46)54)52(66)38-18-20-44(58)42(28-38)56(68)70-4/h5-20,23-28H,21-22,29-32,57-58H2,1-4H3,(H,59,63)(H,60,64). The van der Waals surface area contributed by atoms with E-state index in [1.165, 1.54) is 38.5 Å². The number of hydrogen-bond donors (Lipinski definition) is 4. The van der Waals surface area contributed by atoms with Crippen LogP contribution in [0, 0.1) is 13.8 Å². The van der Waals surface area contributed by atoms with E-state index in [2.05, 4.69) is 10.6 Å². The second kappa shape index (κ2) is 22.7. The van der Waals surface area contributed by atoms with E-state index in [0.717, 1.165) is 11.1 Å². The van der Waals surface area contributed by atoms with E-state index >= 15 is 0 Å². The Labute approximate surface area is 424 Å². The van der Waals surface area contributed by atoms with Crippen molar-refractivity contribution in [3.8, 4) is 23.3 Å². The lowest BCUT2D eigenvalue weighted by Crippen LogP contribution is -2.38. The molecule has 0 saturated heterocycles. The third kappa shape index (κ3) is 11.1. The van der Waals surface area contributed by atoms with Crippen LogP contribution in [-0.4, -0.2) is 84.6 Å². The van der Waals surface area contributed by atoms with Crippen LogP contribution in [0.2, 0.25) is 0 Å². The van der Waals surface area contributed by atoms with E-state index in [0.29, 0.717) is 56.5 Å². The maximum atomic E-state index is 13.9. The summed E-state index contributed by atoms with van der Waals surface area (Å²) in [6, 6.07) is 34.0. The van der Waals surface area contributed by atoms with Gasteiger partial charge in [-0.05, 0) is 110 Å². The molecule has 0 radical (unpaired) electrons. The predicted molar refractivity (Wildman–Crippen MR) is 274 cm³/mol. The second-order valence-electron chi connectivity index (χ2n) is 16.9. The number of ketones is 2. The van der Waals surface area contributed by atoms with E-state index in [-0.39, 0.29) is 84.7 Å². The van der Waals surface area contributed by atoms with Gasteiger partial charge in [0, 0.05) is 59.1 Å². The Kier molecular flexibility index (Phi) is 15.6. The summed E-state index contributed by atoms with van der Waals surface area (Å²) in [5.41, 5.74) is 17.8. The first kappa shape index (κ1) is 50.8.